The van der Waals surface area contributed by atoms with Crippen LogP contribution in [0.15, 0.2) is 0 Å². The second-order valence-corrected chi connectivity index (χ2v) is 14.6. The minimum atomic E-state index is -2.16. The minimum absolute atomic E-state index is 0.0746. The third-order valence-corrected chi connectivity index (χ3v) is 12.3. The molecule has 0 bridgehead atoms. The summed E-state index contributed by atoms with van der Waals surface area (Å²) >= 11 is 0. The van der Waals surface area contributed by atoms with Gasteiger partial charge in [-0.3, -0.25) is 0 Å². The highest BCUT2D eigenvalue weighted by Crippen LogP contribution is 2.52. The Morgan fingerprint density at radius 2 is 1.52 bits per heavy atom. The van der Waals surface area contributed by atoms with E-state index in [4.69, 9.17) is 9.16 Å². The second kappa shape index (κ2) is 7.97. The monoisotopic (exact) mass is 374 g/mol. The van der Waals surface area contributed by atoms with E-state index in [0.717, 1.165) is 18.9 Å². The first-order chi connectivity index (χ1) is 11.2. The van der Waals surface area contributed by atoms with Crippen molar-refractivity contribution in [2.75, 3.05) is 7.11 Å². The lowest BCUT2D eigenvalue weighted by atomic mass is 9.84. The molecule has 25 heavy (non-hydrogen) atoms. The van der Waals surface area contributed by atoms with E-state index < -0.39 is 20.5 Å². The lowest BCUT2D eigenvalue weighted by Gasteiger charge is -2.53. The lowest BCUT2D eigenvalue weighted by Crippen LogP contribution is -2.58. The number of rotatable bonds is 7. The Hall–Kier alpha value is 0.0569. The van der Waals surface area contributed by atoms with Gasteiger partial charge in [0.15, 0.2) is 8.32 Å². The zero-order valence-corrected chi connectivity index (χ0v) is 19.0. The average molecular weight is 375 g/mol. The molecule has 1 saturated carbocycles. The molecule has 1 fully saturated rings. The maximum atomic E-state index is 10.0. The molecule has 0 amide bonds. The van der Waals surface area contributed by atoms with Gasteiger partial charge in [-0.15, -0.1) is 0 Å². The molecule has 0 saturated heterocycles. The molecule has 0 spiro atoms. The van der Waals surface area contributed by atoms with E-state index in [0.29, 0.717) is 18.8 Å². The van der Waals surface area contributed by atoms with Gasteiger partial charge in [0, 0.05) is 17.7 Å². The van der Waals surface area contributed by atoms with Gasteiger partial charge in [0.2, 0.25) is 0 Å². The largest absolute Gasteiger partial charge is 0.412 e. The zero-order chi connectivity index (χ0) is 19.7. The molecule has 0 radical (unpaired) electrons. The summed E-state index contributed by atoms with van der Waals surface area (Å²) in [6.07, 6.45) is 2.33. The van der Waals surface area contributed by atoms with Gasteiger partial charge in [-0.1, -0.05) is 20.3 Å². The summed E-state index contributed by atoms with van der Waals surface area (Å²) < 4.78 is 12.6. The van der Waals surface area contributed by atoms with Crippen LogP contribution in [0.5, 0.6) is 0 Å². The Bertz CT molecular complexity index is 430. The minimum Gasteiger partial charge on any atom is -0.412 e. The molecule has 0 aliphatic heterocycles. The maximum Gasteiger partial charge on any atom is 0.198 e. The third-order valence-electron chi connectivity index (χ3n) is 6.79. The highest BCUT2D eigenvalue weighted by molar-refractivity contribution is 6.76. The van der Waals surface area contributed by atoms with Crippen LogP contribution in [-0.2, 0) is 9.16 Å². The van der Waals surface area contributed by atoms with Crippen molar-refractivity contribution in [2.45, 2.75) is 115 Å². The van der Waals surface area contributed by atoms with Crippen molar-refractivity contribution in [1.82, 2.24) is 0 Å². The molecule has 1 rings (SSSR count). The van der Waals surface area contributed by atoms with Crippen molar-refractivity contribution in [2.24, 2.45) is 5.92 Å². The summed E-state index contributed by atoms with van der Waals surface area (Å²) in [5.41, 5.74) is -0.466. The number of aliphatic hydroxyl groups excluding tert-OH is 2. The fraction of sp³-hybridized carbons (Fsp3) is 1.00. The van der Waals surface area contributed by atoms with Gasteiger partial charge in [-0.25, -0.2) is 0 Å². The van der Waals surface area contributed by atoms with Gasteiger partial charge in [0.05, 0.1) is 17.8 Å². The van der Waals surface area contributed by atoms with E-state index in [1.807, 2.05) is 0 Å². The SMILES string of the molecule is COC(C)(C)C(C)(C)[Si](C)(CCC1CCC(O)C(O)C1)OC(C)(C)C. The summed E-state index contributed by atoms with van der Waals surface area (Å²) in [4.78, 5) is 0. The quantitative estimate of drug-likeness (QED) is 0.644. The van der Waals surface area contributed by atoms with Gasteiger partial charge in [0.25, 0.3) is 0 Å². The first-order valence-corrected chi connectivity index (χ1v) is 12.4. The van der Waals surface area contributed by atoms with Gasteiger partial charge in [0.1, 0.15) is 0 Å². The van der Waals surface area contributed by atoms with E-state index in [1.54, 1.807) is 7.11 Å². The van der Waals surface area contributed by atoms with Crippen LogP contribution in [0.4, 0.5) is 0 Å². The van der Waals surface area contributed by atoms with Crippen molar-refractivity contribution < 1.29 is 19.4 Å². The number of hydrogen-bond donors (Lipinski definition) is 2. The molecule has 1 aliphatic carbocycles. The molecular weight excluding hydrogens is 332 g/mol. The molecule has 4 unspecified atom stereocenters. The maximum absolute atomic E-state index is 10.0. The highest BCUT2D eigenvalue weighted by atomic mass is 28.4. The van der Waals surface area contributed by atoms with Crippen LogP contribution < -0.4 is 0 Å². The van der Waals surface area contributed by atoms with Crippen molar-refractivity contribution in [3.05, 3.63) is 0 Å². The van der Waals surface area contributed by atoms with Gasteiger partial charge < -0.3 is 19.4 Å². The van der Waals surface area contributed by atoms with Crippen molar-refractivity contribution >= 4 is 8.32 Å². The highest BCUT2D eigenvalue weighted by Gasteiger charge is 2.55. The fourth-order valence-corrected chi connectivity index (χ4v) is 8.68. The molecule has 4 atom stereocenters. The number of hydrogen-bond acceptors (Lipinski definition) is 4. The second-order valence-electron chi connectivity index (χ2n) is 10.1. The van der Waals surface area contributed by atoms with Crippen LogP contribution in [0.2, 0.25) is 17.6 Å². The predicted octanol–water partition coefficient (Wildman–Crippen LogP) is 4.49. The molecular formula is C20H42O4Si. The smallest absolute Gasteiger partial charge is 0.198 e. The Balaban J connectivity index is 2.97. The van der Waals surface area contributed by atoms with Crippen molar-refractivity contribution in [3.63, 3.8) is 0 Å². The van der Waals surface area contributed by atoms with E-state index in [-0.39, 0.29) is 16.2 Å². The molecule has 0 aromatic heterocycles. The zero-order valence-electron chi connectivity index (χ0n) is 18.0. The van der Waals surface area contributed by atoms with Crippen LogP contribution in [0, 0.1) is 5.92 Å². The summed E-state index contributed by atoms with van der Waals surface area (Å²) in [5, 5.41) is 19.7. The lowest BCUT2D eigenvalue weighted by molar-refractivity contribution is -0.0291. The van der Waals surface area contributed by atoms with Crippen LogP contribution in [0.25, 0.3) is 0 Å². The third kappa shape index (κ3) is 5.52. The summed E-state index contributed by atoms with van der Waals surface area (Å²) in [7, 11) is -0.377. The molecule has 4 nitrogen and oxygen atoms in total. The van der Waals surface area contributed by atoms with Gasteiger partial charge in [-0.05, 0) is 72.4 Å². The summed E-state index contributed by atoms with van der Waals surface area (Å²) in [6, 6.07) is 1.04. The first kappa shape index (κ1) is 23.1. The molecule has 0 heterocycles. The fourth-order valence-electron chi connectivity index (χ4n) is 4.02. The molecule has 1 aliphatic rings. The van der Waals surface area contributed by atoms with Crippen molar-refractivity contribution in [1.29, 1.82) is 0 Å². The molecule has 5 heteroatoms. The van der Waals surface area contributed by atoms with E-state index >= 15 is 0 Å². The van der Waals surface area contributed by atoms with E-state index in [9.17, 15) is 10.2 Å². The molecule has 150 valence electrons. The average Bonchev–Trinajstić information content (AvgIpc) is 2.46. The standard InChI is InChI=1S/C20H42O4Si/c1-18(2,3)24-25(9,20(6,7)19(4,5)23-8)13-12-15-10-11-16(21)17(22)14-15/h15-17,21-22H,10-14H2,1-9H3. The Morgan fingerprint density at radius 3 is 1.96 bits per heavy atom. The van der Waals surface area contributed by atoms with Crippen molar-refractivity contribution in [3.8, 4) is 0 Å². The van der Waals surface area contributed by atoms with E-state index in [2.05, 4.69) is 55.0 Å². The number of ether oxygens (including phenoxy) is 1. The topological polar surface area (TPSA) is 58.9 Å². The number of methoxy groups -OCH3 is 1. The summed E-state index contributed by atoms with van der Waals surface area (Å²) in [6.45, 7) is 17.6. The van der Waals surface area contributed by atoms with Crippen LogP contribution >= 0.6 is 0 Å². The Labute approximate surface area is 156 Å². The molecule has 0 aromatic carbocycles. The Morgan fingerprint density at radius 1 is 0.960 bits per heavy atom. The normalized spacial score (nSPS) is 28.7. The van der Waals surface area contributed by atoms with E-state index in [1.165, 1.54) is 0 Å². The summed E-state index contributed by atoms with van der Waals surface area (Å²) in [5.74, 6) is 0.468. The molecule has 2 N–H and O–H groups in total. The van der Waals surface area contributed by atoms with Crippen LogP contribution in [0.3, 0.4) is 0 Å². The number of aliphatic hydroxyl groups is 2. The first-order valence-electron chi connectivity index (χ1n) is 9.77. The van der Waals surface area contributed by atoms with Gasteiger partial charge in [-0.2, -0.15) is 0 Å². The van der Waals surface area contributed by atoms with Gasteiger partial charge >= 0.3 is 0 Å². The van der Waals surface area contributed by atoms with Crippen LogP contribution in [-0.4, -0.2) is 49.1 Å². The predicted molar refractivity (Wildman–Crippen MR) is 106 cm³/mol. The molecule has 0 aromatic rings. The Kier molecular flexibility index (Phi) is 7.36. The van der Waals surface area contributed by atoms with Crippen LogP contribution in [0.1, 0.15) is 74.1 Å².